The van der Waals surface area contributed by atoms with E-state index in [0.717, 1.165) is 22.1 Å². The van der Waals surface area contributed by atoms with Gasteiger partial charge < -0.3 is 16.2 Å². The van der Waals surface area contributed by atoms with Crippen molar-refractivity contribution in [2.24, 2.45) is 11.5 Å². The van der Waals surface area contributed by atoms with E-state index in [0.29, 0.717) is 0 Å². The molecule has 0 spiro atoms. The molecule has 4 nitrogen and oxygen atoms in total. The lowest BCUT2D eigenvalue weighted by Gasteiger charge is -2.16. The fraction of sp³-hybridized carbons (Fsp3) is 0.267. The average Bonchev–Trinajstić information content (AvgIpc) is 2.38. The largest absolute Gasteiger partial charge is 0.492 e. The Morgan fingerprint density at radius 2 is 2.00 bits per heavy atom. The van der Waals surface area contributed by atoms with E-state index in [1.807, 2.05) is 43.3 Å². The number of amides is 1. The Kier molecular flexibility index (Phi) is 4.02. The lowest BCUT2D eigenvalue weighted by Crippen LogP contribution is -2.16. The van der Waals surface area contributed by atoms with Crippen LogP contribution in [0.2, 0.25) is 0 Å². The third-order valence-corrected chi connectivity index (χ3v) is 3.00. The van der Waals surface area contributed by atoms with Gasteiger partial charge >= 0.3 is 0 Å². The van der Waals surface area contributed by atoms with Crippen molar-refractivity contribution < 1.29 is 9.53 Å². The van der Waals surface area contributed by atoms with Crippen LogP contribution in [0, 0.1) is 0 Å². The Bertz CT molecular complexity index is 594. The second-order valence-corrected chi connectivity index (χ2v) is 4.56. The normalized spacial score (nSPS) is 12.3. The number of benzene rings is 2. The van der Waals surface area contributed by atoms with Crippen molar-refractivity contribution in [3.05, 3.63) is 42.0 Å². The van der Waals surface area contributed by atoms with Crippen molar-refractivity contribution in [1.82, 2.24) is 0 Å². The van der Waals surface area contributed by atoms with E-state index in [1.54, 1.807) is 0 Å². The molecule has 0 aliphatic heterocycles. The Hall–Kier alpha value is -2.07. The van der Waals surface area contributed by atoms with Gasteiger partial charge in [-0.25, -0.2) is 0 Å². The summed E-state index contributed by atoms with van der Waals surface area (Å²) in [5, 5.41) is 2.09. The van der Waals surface area contributed by atoms with Gasteiger partial charge in [0.05, 0.1) is 13.0 Å². The molecular weight excluding hydrogens is 240 g/mol. The first kappa shape index (κ1) is 13.4. The van der Waals surface area contributed by atoms with Crippen LogP contribution in [0.5, 0.6) is 5.75 Å². The Balaban J connectivity index is 2.40. The van der Waals surface area contributed by atoms with Gasteiger partial charge in [0.2, 0.25) is 5.91 Å². The molecule has 0 radical (unpaired) electrons. The van der Waals surface area contributed by atoms with Gasteiger partial charge in [0.25, 0.3) is 0 Å². The van der Waals surface area contributed by atoms with Gasteiger partial charge in [-0.1, -0.05) is 36.4 Å². The first-order valence-corrected chi connectivity index (χ1v) is 6.28. The summed E-state index contributed by atoms with van der Waals surface area (Å²) in [6.07, 6.45) is 0.196. The highest BCUT2D eigenvalue weighted by Crippen LogP contribution is 2.32. The molecule has 1 atom stereocenters. The molecular formula is C15H18N2O2. The van der Waals surface area contributed by atoms with Gasteiger partial charge in [0.1, 0.15) is 5.75 Å². The number of fused-ring (bicyclic) bond motifs is 1. The Morgan fingerprint density at radius 1 is 1.26 bits per heavy atom. The molecule has 0 fully saturated rings. The van der Waals surface area contributed by atoms with Crippen LogP contribution in [0.1, 0.15) is 24.9 Å². The van der Waals surface area contributed by atoms with Crippen molar-refractivity contribution >= 4 is 16.7 Å². The smallest absolute Gasteiger partial charge is 0.220 e. The second kappa shape index (κ2) is 5.71. The molecule has 0 aliphatic rings. The summed E-state index contributed by atoms with van der Waals surface area (Å²) < 4.78 is 5.74. The molecule has 0 saturated heterocycles. The Morgan fingerprint density at radius 3 is 2.68 bits per heavy atom. The van der Waals surface area contributed by atoms with E-state index < -0.39 is 0 Å². The molecule has 4 heteroatoms. The number of hydrogen-bond donors (Lipinski definition) is 2. The van der Waals surface area contributed by atoms with Gasteiger partial charge in [-0.3, -0.25) is 4.79 Å². The van der Waals surface area contributed by atoms with Gasteiger partial charge in [-0.05, 0) is 12.3 Å². The number of primary amides is 1. The minimum Gasteiger partial charge on any atom is -0.492 e. The van der Waals surface area contributed by atoms with Gasteiger partial charge in [0.15, 0.2) is 0 Å². The van der Waals surface area contributed by atoms with E-state index in [2.05, 4.69) is 0 Å². The first-order chi connectivity index (χ1) is 9.09. The monoisotopic (exact) mass is 258 g/mol. The number of ether oxygens (including phenoxy) is 1. The number of rotatable bonds is 5. The van der Waals surface area contributed by atoms with E-state index in [1.165, 1.54) is 0 Å². The summed E-state index contributed by atoms with van der Waals surface area (Å²) in [6.45, 7) is 2.17. The van der Waals surface area contributed by atoms with E-state index in [4.69, 9.17) is 16.2 Å². The highest BCUT2D eigenvalue weighted by Gasteiger charge is 2.12. The molecule has 19 heavy (non-hydrogen) atoms. The maximum Gasteiger partial charge on any atom is 0.220 e. The molecule has 0 unspecified atom stereocenters. The van der Waals surface area contributed by atoms with E-state index in [9.17, 15) is 4.79 Å². The highest BCUT2D eigenvalue weighted by molar-refractivity contribution is 5.89. The predicted molar refractivity (Wildman–Crippen MR) is 75.9 cm³/mol. The highest BCUT2D eigenvalue weighted by atomic mass is 16.5. The second-order valence-electron chi connectivity index (χ2n) is 4.56. The van der Waals surface area contributed by atoms with Gasteiger partial charge in [-0.15, -0.1) is 0 Å². The fourth-order valence-electron chi connectivity index (χ4n) is 2.03. The van der Waals surface area contributed by atoms with E-state index >= 15 is 0 Å². The van der Waals surface area contributed by atoms with Crippen LogP contribution in [-0.4, -0.2) is 12.5 Å². The third kappa shape index (κ3) is 3.03. The van der Waals surface area contributed by atoms with Crippen LogP contribution >= 0.6 is 0 Å². The van der Waals surface area contributed by atoms with Gasteiger partial charge in [0, 0.05) is 17.0 Å². The van der Waals surface area contributed by atoms with Crippen molar-refractivity contribution in [2.75, 3.05) is 6.61 Å². The maximum absolute atomic E-state index is 10.8. The SMILES string of the molecule is C[C@H](N)c1ccc2ccccc2c1OCCC(N)=O. The molecule has 1 amide bonds. The Labute approximate surface area is 112 Å². The molecule has 0 saturated carbocycles. The van der Waals surface area contributed by atoms with Crippen molar-refractivity contribution in [3.8, 4) is 5.75 Å². The molecule has 100 valence electrons. The summed E-state index contributed by atoms with van der Waals surface area (Å²) in [7, 11) is 0. The fourth-order valence-corrected chi connectivity index (χ4v) is 2.03. The molecule has 0 heterocycles. The molecule has 2 aromatic carbocycles. The minimum atomic E-state index is -0.373. The number of carbonyl (C=O) groups is 1. The third-order valence-electron chi connectivity index (χ3n) is 3.00. The van der Waals surface area contributed by atoms with Crippen LogP contribution in [0.15, 0.2) is 36.4 Å². The molecule has 4 N–H and O–H groups in total. The summed E-state index contributed by atoms with van der Waals surface area (Å²) >= 11 is 0. The molecule has 0 aromatic heterocycles. The first-order valence-electron chi connectivity index (χ1n) is 6.28. The summed E-state index contributed by atoms with van der Waals surface area (Å²) in [6, 6.07) is 11.8. The lowest BCUT2D eigenvalue weighted by atomic mass is 10.0. The van der Waals surface area contributed by atoms with E-state index in [-0.39, 0.29) is 25.0 Å². The van der Waals surface area contributed by atoms with Crippen molar-refractivity contribution in [1.29, 1.82) is 0 Å². The van der Waals surface area contributed by atoms with Crippen LogP contribution < -0.4 is 16.2 Å². The predicted octanol–water partition coefficient (Wildman–Crippen LogP) is 2.11. The molecule has 2 aromatic rings. The molecule has 2 rings (SSSR count). The van der Waals surface area contributed by atoms with Crippen molar-refractivity contribution in [3.63, 3.8) is 0 Å². The van der Waals surface area contributed by atoms with Crippen LogP contribution in [0.25, 0.3) is 10.8 Å². The van der Waals surface area contributed by atoms with Crippen molar-refractivity contribution in [2.45, 2.75) is 19.4 Å². The number of nitrogens with two attached hydrogens (primary N) is 2. The maximum atomic E-state index is 10.8. The zero-order chi connectivity index (χ0) is 13.8. The zero-order valence-electron chi connectivity index (χ0n) is 10.9. The zero-order valence-corrected chi connectivity index (χ0v) is 10.9. The number of hydrogen-bond acceptors (Lipinski definition) is 3. The molecule has 0 aliphatic carbocycles. The summed E-state index contributed by atoms with van der Waals surface area (Å²) in [4.78, 5) is 10.8. The quantitative estimate of drug-likeness (QED) is 0.862. The molecule has 0 bridgehead atoms. The van der Waals surface area contributed by atoms with Crippen LogP contribution in [0.3, 0.4) is 0 Å². The average molecular weight is 258 g/mol. The summed E-state index contributed by atoms with van der Waals surface area (Å²) in [5.74, 6) is 0.372. The van der Waals surface area contributed by atoms with Gasteiger partial charge in [-0.2, -0.15) is 0 Å². The topological polar surface area (TPSA) is 78.3 Å². The summed E-state index contributed by atoms with van der Waals surface area (Å²) in [5.41, 5.74) is 12.0. The number of carbonyl (C=O) groups excluding carboxylic acids is 1. The lowest BCUT2D eigenvalue weighted by molar-refractivity contribution is -0.118. The van der Waals surface area contributed by atoms with Crippen LogP contribution in [-0.2, 0) is 4.79 Å². The minimum absolute atomic E-state index is 0.131. The van der Waals surface area contributed by atoms with Crippen LogP contribution in [0.4, 0.5) is 0 Å². The standard InChI is InChI=1S/C15H18N2O2/c1-10(16)12-7-6-11-4-2-3-5-13(11)15(12)19-9-8-14(17)18/h2-7,10H,8-9,16H2,1H3,(H2,17,18)/t10-/m0/s1.